The third-order valence-corrected chi connectivity index (χ3v) is 6.18. The van der Waals surface area contributed by atoms with E-state index in [9.17, 15) is 18.8 Å². The topological polar surface area (TPSA) is 90.9 Å². The Kier molecular flexibility index (Phi) is 8.56. The molecule has 1 saturated heterocycles. The highest BCUT2D eigenvalue weighted by Crippen LogP contribution is 2.40. The van der Waals surface area contributed by atoms with Crippen LogP contribution in [0.25, 0.3) is 11.1 Å². The molecule has 0 aromatic heterocycles. The van der Waals surface area contributed by atoms with Crippen LogP contribution >= 0.6 is 11.6 Å². The number of hydrogen-bond acceptors (Lipinski definition) is 6. The van der Waals surface area contributed by atoms with Crippen LogP contribution in [-0.2, 0) is 30.2 Å². The Bertz CT molecular complexity index is 1200. The number of cyclic esters (lactones) is 2. The number of carbonyl (C=O) groups is 3. The first-order valence-electron chi connectivity index (χ1n) is 12.3. The predicted octanol–water partition coefficient (Wildman–Crippen LogP) is 6.37. The van der Waals surface area contributed by atoms with Crippen LogP contribution in [0.4, 0.5) is 9.18 Å². The summed E-state index contributed by atoms with van der Waals surface area (Å²) in [5.41, 5.74) is -0.712. The number of amides is 1. The molecule has 1 aliphatic rings. The van der Waals surface area contributed by atoms with Gasteiger partial charge in [0.15, 0.2) is 5.41 Å². The Morgan fingerprint density at radius 2 is 1.74 bits per heavy atom. The molecule has 3 rings (SSSR count). The Hall–Kier alpha value is -3.39. The fourth-order valence-electron chi connectivity index (χ4n) is 4.30. The van der Waals surface area contributed by atoms with E-state index in [0.29, 0.717) is 16.1 Å². The molecule has 1 heterocycles. The smallest absolute Gasteiger partial charge is 0.407 e. The minimum atomic E-state index is -1.69. The lowest BCUT2D eigenvalue weighted by Crippen LogP contribution is -2.56. The van der Waals surface area contributed by atoms with Crippen molar-refractivity contribution in [3.8, 4) is 11.1 Å². The largest absolute Gasteiger partial charge is 0.444 e. The molecule has 0 radical (unpaired) electrons. The lowest BCUT2D eigenvalue weighted by Gasteiger charge is -2.41. The summed E-state index contributed by atoms with van der Waals surface area (Å²) >= 11 is 6.03. The molecule has 0 aliphatic carbocycles. The van der Waals surface area contributed by atoms with E-state index in [4.69, 9.17) is 25.8 Å². The number of ether oxygens (including phenoxy) is 3. The number of alkyl carbamates (subject to hydrolysis) is 1. The van der Waals surface area contributed by atoms with Crippen LogP contribution in [0.2, 0.25) is 5.02 Å². The molecule has 7 nitrogen and oxygen atoms in total. The molecular weight excluding hydrogens is 513 g/mol. The van der Waals surface area contributed by atoms with E-state index in [2.05, 4.69) is 11.9 Å². The first-order valence-corrected chi connectivity index (χ1v) is 12.6. The summed E-state index contributed by atoms with van der Waals surface area (Å²) in [5, 5.41) is 3.20. The van der Waals surface area contributed by atoms with Gasteiger partial charge in [-0.3, -0.25) is 9.59 Å². The van der Waals surface area contributed by atoms with Gasteiger partial charge in [0, 0.05) is 30.5 Å². The third kappa shape index (κ3) is 7.13. The van der Waals surface area contributed by atoms with Crippen LogP contribution < -0.4 is 5.32 Å². The van der Waals surface area contributed by atoms with Crippen LogP contribution in [-0.4, -0.2) is 35.5 Å². The summed E-state index contributed by atoms with van der Waals surface area (Å²) in [5.74, 6) is -3.31. The summed E-state index contributed by atoms with van der Waals surface area (Å²) in [6, 6.07) is 10.6. The predicted molar refractivity (Wildman–Crippen MR) is 142 cm³/mol. The number of allylic oxidation sites excluding steroid dienone is 1. The molecule has 0 saturated carbocycles. The Morgan fingerprint density at radius 1 is 1.13 bits per heavy atom. The molecule has 1 amide bonds. The number of carbonyl (C=O) groups excluding carboxylic acids is 3. The van der Waals surface area contributed by atoms with Crippen molar-refractivity contribution in [2.45, 2.75) is 71.3 Å². The molecule has 1 unspecified atom stereocenters. The molecule has 2 aromatic carbocycles. The number of hydrogen-bond donors (Lipinski definition) is 1. The maximum Gasteiger partial charge on any atom is 0.407 e. The third-order valence-electron chi connectivity index (χ3n) is 5.94. The lowest BCUT2D eigenvalue weighted by atomic mass is 9.76. The SMILES string of the molecule is C=CCC1(CC(Cc2ccc(-c3cc(Cl)ccc3F)cc2)NC(=O)OC(C)(C)C)C(=O)OC(C)(C)OC1=O. The van der Waals surface area contributed by atoms with Gasteiger partial charge < -0.3 is 19.5 Å². The van der Waals surface area contributed by atoms with E-state index in [1.165, 1.54) is 32.1 Å². The van der Waals surface area contributed by atoms with Gasteiger partial charge in [-0.2, -0.15) is 0 Å². The molecule has 1 aliphatic heterocycles. The van der Waals surface area contributed by atoms with E-state index < -0.39 is 46.7 Å². The van der Waals surface area contributed by atoms with Gasteiger partial charge in [0.05, 0.1) is 0 Å². The average Bonchev–Trinajstić information content (AvgIpc) is 2.78. The molecule has 1 fully saturated rings. The number of nitrogens with one attached hydrogen (secondary N) is 1. The van der Waals surface area contributed by atoms with E-state index in [1.54, 1.807) is 51.1 Å². The molecule has 2 aromatic rings. The minimum absolute atomic E-state index is 0.0414. The van der Waals surface area contributed by atoms with Crippen LogP contribution in [0.1, 0.15) is 53.0 Å². The van der Waals surface area contributed by atoms with Crippen molar-refractivity contribution in [2.75, 3.05) is 0 Å². The highest BCUT2D eigenvalue weighted by molar-refractivity contribution is 6.30. The fourth-order valence-corrected chi connectivity index (χ4v) is 4.47. The Balaban J connectivity index is 1.91. The lowest BCUT2D eigenvalue weighted by molar-refractivity contribution is -0.251. The van der Waals surface area contributed by atoms with E-state index in [-0.39, 0.29) is 19.3 Å². The molecule has 204 valence electrons. The molecule has 9 heteroatoms. The summed E-state index contributed by atoms with van der Waals surface area (Å²) < 4.78 is 30.6. The van der Waals surface area contributed by atoms with Gasteiger partial charge in [0.1, 0.15) is 11.4 Å². The maximum absolute atomic E-state index is 14.3. The van der Waals surface area contributed by atoms with Crippen LogP contribution in [0.5, 0.6) is 0 Å². The number of benzene rings is 2. The van der Waals surface area contributed by atoms with E-state index in [1.807, 2.05) is 0 Å². The highest BCUT2D eigenvalue weighted by atomic mass is 35.5. The number of rotatable bonds is 8. The normalized spacial score (nSPS) is 17.1. The van der Waals surface area contributed by atoms with Gasteiger partial charge in [-0.05, 0) is 69.4 Å². The Morgan fingerprint density at radius 3 is 2.29 bits per heavy atom. The van der Waals surface area contributed by atoms with Gasteiger partial charge in [0.2, 0.25) is 0 Å². The molecule has 0 spiro atoms. The van der Waals surface area contributed by atoms with Crippen LogP contribution in [0.15, 0.2) is 55.1 Å². The van der Waals surface area contributed by atoms with Crippen molar-refractivity contribution < 1.29 is 33.0 Å². The zero-order chi connectivity index (χ0) is 28.3. The van der Waals surface area contributed by atoms with E-state index >= 15 is 0 Å². The summed E-state index contributed by atoms with van der Waals surface area (Å²) in [6.07, 6.45) is 0.823. The first kappa shape index (κ1) is 29.2. The Labute approximate surface area is 227 Å². The fraction of sp³-hybridized carbons (Fsp3) is 0.414. The highest BCUT2D eigenvalue weighted by Gasteiger charge is 2.56. The standard InChI is InChI=1S/C29H33ClFNO6/c1-7-14-29(24(33)36-28(5,6)37-25(29)34)17-21(32-26(35)38-27(2,3)4)15-18-8-10-19(11-9-18)22-16-20(30)12-13-23(22)31/h7-13,16,21H,1,14-15,17H2,2-6H3,(H,32,35). The molecule has 0 bridgehead atoms. The second-order valence-corrected chi connectivity index (χ2v) is 11.3. The van der Waals surface area contributed by atoms with Gasteiger partial charge in [0.25, 0.3) is 5.79 Å². The zero-order valence-corrected chi connectivity index (χ0v) is 23.0. The van der Waals surface area contributed by atoms with Crippen molar-refractivity contribution >= 4 is 29.6 Å². The molecular formula is C29H33ClFNO6. The monoisotopic (exact) mass is 545 g/mol. The quantitative estimate of drug-likeness (QED) is 0.235. The second kappa shape index (κ2) is 11.2. The van der Waals surface area contributed by atoms with Crippen LogP contribution in [0.3, 0.4) is 0 Å². The van der Waals surface area contributed by atoms with Crippen molar-refractivity contribution in [2.24, 2.45) is 5.41 Å². The number of halogens is 2. The molecule has 38 heavy (non-hydrogen) atoms. The average molecular weight is 546 g/mol. The van der Waals surface area contributed by atoms with Crippen molar-refractivity contribution in [1.82, 2.24) is 5.32 Å². The summed E-state index contributed by atoms with van der Waals surface area (Å²) in [7, 11) is 0. The first-order chi connectivity index (χ1) is 17.6. The summed E-state index contributed by atoms with van der Waals surface area (Å²) in [6.45, 7) is 11.8. The zero-order valence-electron chi connectivity index (χ0n) is 22.2. The molecule has 1 N–H and O–H groups in total. The van der Waals surface area contributed by atoms with E-state index in [0.717, 1.165) is 5.56 Å². The molecule has 1 atom stereocenters. The minimum Gasteiger partial charge on any atom is -0.444 e. The van der Waals surface area contributed by atoms with Crippen molar-refractivity contribution in [3.05, 3.63) is 71.5 Å². The van der Waals surface area contributed by atoms with Gasteiger partial charge in [-0.15, -0.1) is 6.58 Å². The summed E-state index contributed by atoms with van der Waals surface area (Å²) in [4.78, 5) is 39.0. The van der Waals surface area contributed by atoms with Crippen LogP contribution in [0, 0.1) is 11.2 Å². The van der Waals surface area contributed by atoms with Crippen molar-refractivity contribution in [3.63, 3.8) is 0 Å². The van der Waals surface area contributed by atoms with Gasteiger partial charge in [-0.1, -0.05) is 41.9 Å². The van der Waals surface area contributed by atoms with Gasteiger partial charge >= 0.3 is 18.0 Å². The van der Waals surface area contributed by atoms with Gasteiger partial charge in [-0.25, -0.2) is 9.18 Å². The second-order valence-electron chi connectivity index (χ2n) is 10.8. The maximum atomic E-state index is 14.3. The van der Waals surface area contributed by atoms with Crippen molar-refractivity contribution in [1.29, 1.82) is 0 Å². The number of esters is 2.